The summed E-state index contributed by atoms with van der Waals surface area (Å²) in [6.45, 7) is 2.80. The lowest BCUT2D eigenvalue weighted by Crippen LogP contribution is -2.27. The summed E-state index contributed by atoms with van der Waals surface area (Å²) in [4.78, 5) is 1.01. The van der Waals surface area contributed by atoms with Crippen molar-refractivity contribution in [2.75, 3.05) is 14.2 Å². The van der Waals surface area contributed by atoms with Crippen molar-refractivity contribution in [3.63, 3.8) is 0 Å². The number of methoxy groups -OCH3 is 2. The molecule has 2 N–H and O–H groups in total. The Bertz CT molecular complexity index is 571. The Hall–Kier alpha value is -1.56. The molecule has 0 radical (unpaired) electrons. The maximum absolute atomic E-state index is 10.2. The molecule has 2 unspecified atom stereocenters. The molecule has 4 nitrogen and oxygen atoms in total. The zero-order valence-electron chi connectivity index (χ0n) is 13.2. The molecule has 1 heterocycles. The molecule has 0 fully saturated rings. The van der Waals surface area contributed by atoms with E-state index in [1.165, 1.54) is 0 Å². The molecule has 22 heavy (non-hydrogen) atoms. The van der Waals surface area contributed by atoms with E-state index in [4.69, 9.17) is 9.47 Å². The summed E-state index contributed by atoms with van der Waals surface area (Å²) in [7, 11) is 3.26. The fraction of sp³-hybridized carbons (Fsp3) is 0.412. The van der Waals surface area contributed by atoms with E-state index in [2.05, 4.69) is 12.2 Å². The molecule has 0 amide bonds. The monoisotopic (exact) mass is 321 g/mol. The normalized spacial score (nSPS) is 13.6. The SMILES string of the molecule is COc1ccc(CNC(C)CC(O)c2cccs2)cc1OC. The topological polar surface area (TPSA) is 50.7 Å². The number of ether oxygens (including phenoxy) is 2. The van der Waals surface area contributed by atoms with Crippen molar-refractivity contribution in [1.29, 1.82) is 0 Å². The van der Waals surface area contributed by atoms with Gasteiger partial charge < -0.3 is 19.9 Å². The fourth-order valence-corrected chi connectivity index (χ4v) is 3.02. The van der Waals surface area contributed by atoms with Gasteiger partial charge in [-0.15, -0.1) is 11.3 Å². The van der Waals surface area contributed by atoms with Gasteiger partial charge in [0.15, 0.2) is 11.5 Å². The van der Waals surface area contributed by atoms with E-state index < -0.39 is 6.10 Å². The van der Waals surface area contributed by atoms with Crippen LogP contribution in [0.3, 0.4) is 0 Å². The van der Waals surface area contributed by atoms with E-state index in [-0.39, 0.29) is 6.04 Å². The van der Waals surface area contributed by atoms with Crippen molar-refractivity contribution in [3.8, 4) is 11.5 Å². The van der Waals surface area contributed by atoms with Gasteiger partial charge in [0.2, 0.25) is 0 Å². The average molecular weight is 321 g/mol. The van der Waals surface area contributed by atoms with Crippen LogP contribution in [0.2, 0.25) is 0 Å². The quantitative estimate of drug-likeness (QED) is 0.783. The molecule has 2 atom stereocenters. The number of nitrogens with one attached hydrogen (secondary N) is 1. The molecule has 2 aromatic rings. The second-order valence-corrected chi connectivity index (χ2v) is 6.22. The van der Waals surface area contributed by atoms with Gasteiger partial charge in [0.1, 0.15) is 0 Å². The Morgan fingerprint density at radius 3 is 2.59 bits per heavy atom. The number of hydrogen-bond donors (Lipinski definition) is 2. The van der Waals surface area contributed by atoms with Crippen molar-refractivity contribution in [3.05, 3.63) is 46.2 Å². The smallest absolute Gasteiger partial charge is 0.161 e. The zero-order valence-corrected chi connectivity index (χ0v) is 14.0. The summed E-state index contributed by atoms with van der Waals surface area (Å²) in [5.41, 5.74) is 1.12. The molecule has 0 spiro atoms. The first-order chi connectivity index (χ1) is 10.6. The lowest BCUT2D eigenvalue weighted by molar-refractivity contribution is 0.157. The van der Waals surface area contributed by atoms with Crippen molar-refractivity contribution >= 4 is 11.3 Å². The van der Waals surface area contributed by atoms with Crippen LogP contribution in [-0.4, -0.2) is 25.4 Å². The van der Waals surface area contributed by atoms with E-state index in [1.54, 1.807) is 25.6 Å². The predicted octanol–water partition coefficient (Wildman–Crippen LogP) is 3.37. The Morgan fingerprint density at radius 1 is 1.18 bits per heavy atom. The molecule has 0 saturated heterocycles. The van der Waals surface area contributed by atoms with Crippen molar-refractivity contribution in [2.24, 2.45) is 0 Å². The van der Waals surface area contributed by atoms with Gasteiger partial charge in [-0.05, 0) is 42.5 Å². The zero-order chi connectivity index (χ0) is 15.9. The van der Waals surface area contributed by atoms with Crippen LogP contribution in [0.15, 0.2) is 35.7 Å². The van der Waals surface area contributed by atoms with Crippen molar-refractivity contribution in [2.45, 2.75) is 32.0 Å². The van der Waals surface area contributed by atoms with Gasteiger partial charge in [-0.3, -0.25) is 0 Å². The van der Waals surface area contributed by atoms with Gasteiger partial charge in [0.05, 0.1) is 20.3 Å². The standard InChI is InChI=1S/C17H23NO3S/c1-12(9-14(19)17-5-4-8-22-17)18-11-13-6-7-15(20-2)16(10-13)21-3/h4-8,10,12,14,18-19H,9,11H2,1-3H3. The minimum Gasteiger partial charge on any atom is -0.493 e. The highest BCUT2D eigenvalue weighted by Gasteiger charge is 2.13. The summed E-state index contributed by atoms with van der Waals surface area (Å²) in [5, 5.41) is 15.6. The number of rotatable bonds is 8. The van der Waals surface area contributed by atoms with Crippen LogP contribution in [0.25, 0.3) is 0 Å². The molecule has 5 heteroatoms. The molecule has 0 aliphatic carbocycles. The molecule has 1 aromatic carbocycles. The van der Waals surface area contributed by atoms with Gasteiger partial charge in [0.25, 0.3) is 0 Å². The first kappa shape index (κ1) is 16.8. The second-order valence-electron chi connectivity index (χ2n) is 5.24. The van der Waals surface area contributed by atoms with E-state index in [9.17, 15) is 5.11 Å². The van der Waals surface area contributed by atoms with E-state index in [0.29, 0.717) is 6.42 Å². The third-order valence-corrected chi connectivity index (χ3v) is 4.52. The van der Waals surface area contributed by atoms with Gasteiger partial charge >= 0.3 is 0 Å². The Labute approximate surface area is 135 Å². The molecule has 0 bridgehead atoms. The minimum absolute atomic E-state index is 0.213. The van der Waals surface area contributed by atoms with Crippen LogP contribution in [-0.2, 0) is 6.54 Å². The molecule has 0 aliphatic heterocycles. The van der Waals surface area contributed by atoms with Crippen LogP contribution in [0.4, 0.5) is 0 Å². The molecule has 120 valence electrons. The van der Waals surface area contributed by atoms with Gasteiger partial charge in [-0.25, -0.2) is 0 Å². The van der Waals surface area contributed by atoms with Gasteiger partial charge in [-0.1, -0.05) is 12.1 Å². The third kappa shape index (κ3) is 4.47. The van der Waals surface area contributed by atoms with E-state index in [0.717, 1.165) is 28.5 Å². The molecule has 0 aliphatic rings. The van der Waals surface area contributed by atoms with Crippen LogP contribution in [0.5, 0.6) is 11.5 Å². The maximum atomic E-state index is 10.2. The number of hydrogen-bond acceptors (Lipinski definition) is 5. The van der Waals surface area contributed by atoms with Crippen LogP contribution >= 0.6 is 11.3 Å². The average Bonchev–Trinajstić information content (AvgIpc) is 3.07. The maximum Gasteiger partial charge on any atom is 0.161 e. The first-order valence-electron chi connectivity index (χ1n) is 7.29. The third-order valence-electron chi connectivity index (χ3n) is 3.55. The number of aliphatic hydroxyl groups is 1. The molecule has 2 rings (SSSR count). The van der Waals surface area contributed by atoms with Crippen molar-refractivity contribution < 1.29 is 14.6 Å². The lowest BCUT2D eigenvalue weighted by Gasteiger charge is -2.17. The van der Waals surface area contributed by atoms with Crippen LogP contribution in [0, 0.1) is 0 Å². The summed E-state index contributed by atoms with van der Waals surface area (Å²) in [5.74, 6) is 1.46. The second kappa shape index (κ2) is 8.17. The van der Waals surface area contributed by atoms with Gasteiger partial charge in [-0.2, -0.15) is 0 Å². The molecule has 0 saturated carbocycles. The Balaban J connectivity index is 1.87. The van der Waals surface area contributed by atoms with Crippen LogP contribution in [0.1, 0.15) is 29.9 Å². The first-order valence-corrected chi connectivity index (χ1v) is 8.17. The number of thiophene rings is 1. The van der Waals surface area contributed by atoms with E-state index in [1.807, 2.05) is 35.7 Å². The Morgan fingerprint density at radius 2 is 1.95 bits per heavy atom. The van der Waals surface area contributed by atoms with Crippen molar-refractivity contribution in [1.82, 2.24) is 5.32 Å². The molecular formula is C17H23NO3S. The number of aliphatic hydroxyl groups excluding tert-OH is 1. The highest BCUT2D eigenvalue weighted by atomic mass is 32.1. The molecule has 1 aromatic heterocycles. The minimum atomic E-state index is -0.409. The van der Waals surface area contributed by atoms with Crippen LogP contribution < -0.4 is 14.8 Å². The van der Waals surface area contributed by atoms with E-state index >= 15 is 0 Å². The fourth-order valence-electron chi connectivity index (χ4n) is 2.30. The predicted molar refractivity (Wildman–Crippen MR) is 89.7 cm³/mol. The highest BCUT2D eigenvalue weighted by Crippen LogP contribution is 2.27. The summed E-state index contributed by atoms with van der Waals surface area (Å²) in [6, 6.07) is 10.0. The Kier molecular flexibility index (Phi) is 6.24. The highest BCUT2D eigenvalue weighted by molar-refractivity contribution is 7.10. The molecular weight excluding hydrogens is 298 g/mol. The summed E-state index contributed by atoms with van der Waals surface area (Å²) >= 11 is 1.59. The number of benzene rings is 1. The lowest BCUT2D eigenvalue weighted by atomic mass is 10.1. The summed E-state index contributed by atoms with van der Waals surface area (Å²) in [6.07, 6.45) is 0.279. The van der Waals surface area contributed by atoms with Gasteiger partial charge in [0, 0.05) is 17.5 Å². The summed E-state index contributed by atoms with van der Waals surface area (Å²) < 4.78 is 10.5. The largest absolute Gasteiger partial charge is 0.493 e.